The van der Waals surface area contributed by atoms with Crippen LogP contribution >= 0.6 is 0 Å². The molecule has 7 nitrogen and oxygen atoms in total. The molecular formula is C36H37FN2O5S2. The summed E-state index contributed by atoms with van der Waals surface area (Å²) in [5.41, 5.74) is 3.66. The number of hydrogen-bond donors (Lipinski definition) is 0. The number of carbonyl (C=O) groups excluding carboxylic acids is 1. The second-order valence-electron chi connectivity index (χ2n) is 12.3. The van der Waals surface area contributed by atoms with Gasteiger partial charge in [-0.1, -0.05) is 84.8 Å². The van der Waals surface area contributed by atoms with Gasteiger partial charge in [-0.25, -0.2) is 21.2 Å². The Labute approximate surface area is 270 Å². The number of nitrogens with zero attached hydrogens (tertiary/aromatic N) is 2. The van der Waals surface area contributed by atoms with E-state index < -0.39 is 49.9 Å². The lowest BCUT2D eigenvalue weighted by molar-refractivity contribution is -0.132. The molecule has 2 saturated heterocycles. The van der Waals surface area contributed by atoms with Crippen LogP contribution in [0.25, 0.3) is 0 Å². The summed E-state index contributed by atoms with van der Waals surface area (Å²) >= 11 is 0. The average Bonchev–Trinajstić information content (AvgIpc) is 3.04. The van der Waals surface area contributed by atoms with E-state index in [1.54, 1.807) is 42.5 Å². The molecule has 0 spiro atoms. The number of carbonyl (C=O) groups is 1. The summed E-state index contributed by atoms with van der Waals surface area (Å²) in [5.74, 6) is -1.85. The van der Waals surface area contributed by atoms with Gasteiger partial charge in [0, 0.05) is 30.5 Å². The highest BCUT2D eigenvalue weighted by atomic mass is 32.2. The Morgan fingerprint density at radius 2 is 1.30 bits per heavy atom. The van der Waals surface area contributed by atoms with Crippen molar-refractivity contribution in [1.82, 2.24) is 8.61 Å². The maximum atomic E-state index is 15.4. The second-order valence-corrected chi connectivity index (χ2v) is 16.0. The molecule has 2 aliphatic heterocycles. The van der Waals surface area contributed by atoms with E-state index in [9.17, 15) is 21.6 Å². The van der Waals surface area contributed by atoms with Crippen molar-refractivity contribution in [2.45, 2.75) is 68.0 Å². The molecule has 46 heavy (non-hydrogen) atoms. The third-order valence-electron chi connectivity index (χ3n) is 9.36. The summed E-state index contributed by atoms with van der Waals surface area (Å²) < 4.78 is 75.7. The van der Waals surface area contributed by atoms with Gasteiger partial charge < -0.3 is 0 Å². The number of piperidine rings is 2. The van der Waals surface area contributed by atoms with Crippen LogP contribution in [0.1, 0.15) is 59.7 Å². The number of ketones is 1. The number of fused-ring (bicyclic) bond motifs is 1. The number of halogens is 1. The highest BCUT2D eigenvalue weighted by Gasteiger charge is 2.54. The van der Waals surface area contributed by atoms with Gasteiger partial charge in [0.25, 0.3) is 0 Å². The topological polar surface area (TPSA) is 91.8 Å². The molecule has 10 heteroatoms. The Bertz CT molecular complexity index is 1960. The monoisotopic (exact) mass is 660 g/mol. The highest BCUT2D eigenvalue weighted by molar-refractivity contribution is 7.89. The number of aryl methyl sites for hydroxylation is 3. The Balaban J connectivity index is 1.52. The average molecular weight is 661 g/mol. The van der Waals surface area contributed by atoms with Crippen LogP contribution in [0.15, 0.2) is 107 Å². The van der Waals surface area contributed by atoms with E-state index in [-0.39, 0.29) is 40.5 Å². The molecule has 2 aliphatic rings. The van der Waals surface area contributed by atoms with Crippen LogP contribution in [0.3, 0.4) is 0 Å². The molecule has 0 radical (unpaired) electrons. The molecule has 0 amide bonds. The van der Waals surface area contributed by atoms with Crippen molar-refractivity contribution in [3.63, 3.8) is 0 Å². The second kappa shape index (κ2) is 12.5. The van der Waals surface area contributed by atoms with Gasteiger partial charge in [-0.3, -0.25) is 4.79 Å². The number of sulfonamides is 2. The van der Waals surface area contributed by atoms with Crippen molar-refractivity contribution in [3.8, 4) is 0 Å². The number of Topliss-reactive ketones (excluding diaryl/α,β-unsaturated/α-hetero) is 1. The van der Waals surface area contributed by atoms with E-state index in [0.29, 0.717) is 5.56 Å². The van der Waals surface area contributed by atoms with Crippen molar-refractivity contribution in [2.24, 2.45) is 5.92 Å². The maximum absolute atomic E-state index is 15.4. The largest absolute Gasteiger partial charge is 0.299 e. The smallest absolute Gasteiger partial charge is 0.243 e. The first kappa shape index (κ1) is 32.2. The van der Waals surface area contributed by atoms with Gasteiger partial charge in [-0.15, -0.1) is 0 Å². The molecule has 240 valence electrons. The van der Waals surface area contributed by atoms with Crippen LogP contribution in [-0.2, 0) is 31.3 Å². The quantitative estimate of drug-likeness (QED) is 0.225. The predicted octanol–water partition coefficient (Wildman–Crippen LogP) is 6.53. The molecule has 4 aromatic rings. The molecule has 0 bridgehead atoms. The SMILES string of the molecule is CCc1ccc([C@@H]2C[C@H]3[C@@H](CN2S(=O)(=O)c2ccc(C)cc2)C(=O)C[C@@H](c2ccccc2F)N3S(=O)(=O)c2ccc(C)cc2)cc1. The summed E-state index contributed by atoms with van der Waals surface area (Å²) in [7, 11) is -8.36. The first-order valence-electron chi connectivity index (χ1n) is 15.5. The standard InChI is InChI=1S/C36H37FN2O5S2/c1-4-26-13-15-27(16-14-26)33-21-34-31(23-38(33)45(41,42)28-17-9-24(2)10-18-28)36(40)22-35(30-7-5-6-8-32(30)37)39(34)46(43,44)29-19-11-25(3)12-20-29/h5-20,31,33-35H,4,21-23H2,1-3H3/t31-,33+,34+,35+/m1/s1. The Hall–Kier alpha value is -3.70. The van der Waals surface area contributed by atoms with E-state index in [2.05, 4.69) is 0 Å². The molecule has 4 aromatic carbocycles. The zero-order valence-electron chi connectivity index (χ0n) is 26.0. The molecule has 0 aromatic heterocycles. The zero-order valence-corrected chi connectivity index (χ0v) is 27.6. The lowest BCUT2D eigenvalue weighted by Gasteiger charge is -2.51. The lowest BCUT2D eigenvalue weighted by atomic mass is 9.77. The van der Waals surface area contributed by atoms with E-state index in [1.807, 2.05) is 45.0 Å². The Kier molecular flexibility index (Phi) is 8.75. The summed E-state index contributed by atoms with van der Waals surface area (Å²) in [4.78, 5) is 14.1. The Morgan fingerprint density at radius 1 is 0.739 bits per heavy atom. The molecule has 0 N–H and O–H groups in total. The van der Waals surface area contributed by atoms with Gasteiger partial charge in [0.1, 0.15) is 11.6 Å². The summed E-state index contributed by atoms with van der Waals surface area (Å²) in [5, 5.41) is 0. The fourth-order valence-electron chi connectivity index (χ4n) is 6.77. The van der Waals surface area contributed by atoms with E-state index >= 15 is 4.39 Å². The minimum Gasteiger partial charge on any atom is -0.299 e. The molecule has 0 aliphatic carbocycles. The minimum absolute atomic E-state index is 0.0169. The van der Waals surface area contributed by atoms with Crippen molar-refractivity contribution in [2.75, 3.05) is 6.54 Å². The van der Waals surface area contributed by atoms with Gasteiger partial charge in [-0.2, -0.15) is 8.61 Å². The summed E-state index contributed by atoms with van der Waals surface area (Å²) in [6, 6.07) is 23.8. The molecule has 2 heterocycles. The first-order chi connectivity index (χ1) is 21.9. The highest BCUT2D eigenvalue weighted by Crippen LogP contribution is 2.48. The van der Waals surface area contributed by atoms with Crippen LogP contribution < -0.4 is 0 Å². The van der Waals surface area contributed by atoms with Gasteiger partial charge in [0.2, 0.25) is 20.0 Å². The first-order valence-corrected chi connectivity index (χ1v) is 18.3. The normalized spacial score (nSPS) is 22.8. The van der Waals surface area contributed by atoms with Crippen LogP contribution in [-0.4, -0.2) is 43.8 Å². The maximum Gasteiger partial charge on any atom is 0.243 e. The van der Waals surface area contributed by atoms with Crippen LogP contribution in [0.5, 0.6) is 0 Å². The fourth-order valence-corrected chi connectivity index (χ4v) is 10.3. The molecule has 0 unspecified atom stereocenters. The van der Waals surface area contributed by atoms with Crippen LogP contribution in [0.4, 0.5) is 4.39 Å². The van der Waals surface area contributed by atoms with Gasteiger partial charge in [0.05, 0.1) is 21.9 Å². The molecule has 4 atom stereocenters. The van der Waals surface area contributed by atoms with Gasteiger partial charge in [0.15, 0.2) is 0 Å². The van der Waals surface area contributed by atoms with Crippen LogP contribution in [0, 0.1) is 25.6 Å². The third kappa shape index (κ3) is 5.83. The van der Waals surface area contributed by atoms with E-state index in [4.69, 9.17) is 0 Å². The van der Waals surface area contributed by atoms with E-state index in [0.717, 1.165) is 23.1 Å². The van der Waals surface area contributed by atoms with Crippen molar-refractivity contribution >= 4 is 25.8 Å². The fraction of sp³-hybridized carbons (Fsp3) is 0.306. The van der Waals surface area contributed by atoms with Crippen LogP contribution in [0.2, 0.25) is 0 Å². The van der Waals surface area contributed by atoms with Crippen molar-refractivity contribution in [3.05, 3.63) is 131 Å². The summed E-state index contributed by atoms with van der Waals surface area (Å²) in [6.07, 6.45) is 0.535. The van der Waals surface area contributed by atoms with Gasteiger partial charge >= 0.3 is 0 Å². The van der Waals surface area contributed by atoms with Crippen molar-refractivity contribution < 1.29 is 26.0 Å². The minimum atomic E-state index is -4.27. The summed E-state index contributed by atoms with van der Waals surface area (Å²) in [6.45, 7) is 5.55. The molecule has 6 rings (SSSR count). The third-order valence-corrected chi connectivity index (χ3v) is 13.2. The number of hydrogen-bond acceptors (Lipinski definition) is 5. The Morgan fingerprint density at radius 3 is 1.87 bits per heavy atom. The predicted molar refractivity (Wildman–Crippen MR) is 174 cm³/mol. The van der Waals surface area contributed by atoms with E-state index in [1.165, 1.54) is 38.9 Å². The molecule has 2 fully saturated rings. The number of benzene rings is 4. The lowest BCUT2D eigenvalue weighted by Crippen LogP contribution is -2.61. The number of rotatable bonds is 7. The van der Waals surface area contributed by atoms with Gasteiger partial charge in [-0.05, 0) is 68.1 Å². The molecule has 0 saturated carbocycles. The molecular weight excluding hydrogens is 624 g/mol. The van der Waals surface area contributed by atoms with Crippen molar-refractivity contribution in [1.29, 1.82) is 0 Å². The zero-order chi connectivity index (χ0) is 32.8.